The molecule has 2 fully saturated rings. The van der Waals surface area contributed by atoms with E-state index in [4.69, 9.17) is 18.0 Å². The van der Waals surface area contributed by atoms with E-state index in [1.807, 2.05) is 6.07 Å². The van der Waals surface area contributed by atoms with Gasteiger partial charge >= 0.3 is 0 Å². The number of thiocarbonyl (C=S) groups is 1. The van der Waals surface area contributed by atoms with E-state index in [2.05, 4.69) is 4.90 Å². The predicted molar refractivity (Wildman–Crippen MR) is 83.1 cm³/mol. The van der Waals surface area contributed by atoms with Crippen molar-refractivity contribution in [1.82, 2.24) is 4.90 Å². The molecule has 1 aromatic carbocycles. The van der Waals surface area contributed by atoms with Crippen LogP contribution in [0, 0.1) is 11.7 Å². The molecule has 1 aliphatic heterocycles. The van der Waals surface area contributed by atoms with Gasteiger partial charge in [-0.05, 0) is 49.4 Å². The van der Waals surface area contributed by atoms with Crippen molar-refractivity contribution in [1.29, 1.82) is 0 Å². The van der Waals surface area contributed by atoms with Crippen molar-refractivity contribution in [3.05, 3.63) is 35.1 Å². The highest BCUT2D eigenvalue weighted by molar-refractivity contribution is 7.80. The van der Waals surface area contributed by atoms with Crippen molar-refractivity contribution in [2.24, 2.45) is 11.7 Å². The Morgan fingerprint density at radius 2 is 2.10 bits per heavy atom. The molecule has 2 nitrogen and oxygen atoms in total. The van der Waals surface area contributed by atoms with Crippen LogP contribution >= 0.6 is 12.2 Å². The molecule has 1 saturated heterocycles. The molecule has 0 bridgehead atoms. The van der Waals surface area contributed by atoms with Crippen molar-refractivity contribution in [3.63, 3.8) is 0 Å². The van der Waals surface area contributed by atoms with Gasteiger partial charge in [0.1, 0.15) is 10.8 Å². The highest BCUT2D eigenvalue weighted by atomic mass is 32.1. The Morgan fingerprint density at radius 3 is 2.90 bits per heavy atom. The Hall–Kier alpha value is -1.00. The topological polar surface area (TPSA) is 29.3 Å². The van der Waals surface area contributed by atoms with E-state index in [-0.39, 0.29) is 5.82 Å². The van der Waals surface area contributed by atoms with Gasteiger partial charge in [0, 0.05) is 18.2 Å². The average molecular weight is 292 g/mol. The highest BCUT2D eigenvalue weighted by Gasteiger charge is 2.35. The van der Waals surface area contributed by atoms with Crippen LogP contribution < -0.4 is 5.73 Å². The van der Waals surface area contributed by atoms with E-state index in [1.165, 1.54) is 44.2 Å². The summed E-state index contributed by atoms with van der Waals surface area (Å²) in [6.45, 7) is 1.98. The molecule has 1 aliphatic carbocycles. The fraction of sp³-hybridized carbons (Fsp3) is 0.562. The Kier molecular flexibility index (Phi) is 4.03. The lowest BCUT2D eigenvalue weighted by atomic mass is 9.85. The maximum Gasteiger partial charge on any atom is 0.123 e. The molecule has 108 valence electrons. The molecule has 2 aliphatic rings. The highest BCUT2D eigenvalue weighted by Crippen LogP contribution is 2.37. The van der Waals surface area contributed by atoms with Crippen LogP contribution in [-0.2, 0) is 6.54 Å². The van der Waals surface area contributed by atoms with Crippen molar-refractivity contribution >= 4 is 17.2 Å². The number of halogens is 1. The summed E-state index contributed by atoms with van der Waals surface area (Å²) in [5.74, 6) is 0.589. The minimum Gasteiger partial charge on any atom is -0.389 e. The van der Waals surface area contributed by atoms with Gasteiger partial charge in [0.25, 0.3) is 0 Å². The summed E-state index contributed by atoms with van der Waals surface area (Å²) < 4.78 is 13.4. The summed E-state index contributed by atoms with van der Waals surface area (Å²) in [4.78, 5) is 2.83. The second kappa shape index (κ2) is 5.78. The van der Waals surface area contributed by atoms with E-state index >= 15 is 0 Å². The summed E-state index contributed by atoms with van der Waals surface area (Å²) >= 11 is 5.06. The number of nitrogens with two attached hydrogens (primary N) is 1. The Balaban J connectivity index is 1.79. The number of fused-ring (bicyclic) bond motifs is 1. The first kappa shape index (κ1) is 14.0. The van der Waals surface area contributed by atoms with Gasteiger partial charge in [0.15, 0.2) is 0 Å². The third-order valence-corrected chi connectivity index (χ3v) is 5.06. The van der Waals surface area contributed by atoms with Crippen LogP contribution in [0.25, 0.3) is 0 Å². The predicted octanol–water partition coefficient (Wildman–Crippen LogP) is 3.22. The van der Waals surface area contributed by atoms with Crippen molar-refractivity contribution < 1.29 is 4.39 Å². The van der Waals surface area contributed by atoms with Crippen molar-refractivity contribution in [2.75, 3.05) is 6.54 Å². The molecule has 2 N–H and O–H groups in total. The van der Waals surface area contributed by atoms with E-state index in [1.54, 1.807) is 0 Å². The number of rotatable bonds is 3. The summed E-state index contributed by atoms with van der Waals surface area (Å²) in [6, 6.07) is 5.51. The maximum atomic E-state index is 13.4. The van der Waals surface area contributed by atoms with E-state index < -0.39 is 0 Å². The van der Waals surface area contributed by atoms with Crippen LogP contribution in [0.3, 0.4) is 0 Å². The fourth-order valence-corrected chi connectivity index (χ4v) is 4.02. The lowest BCUT2D eigenvalue weighted by Gasteiger charge is -2.32. The summed E-state index contributed by atoms with van der Waals surface area (Å²) in [5.41, 5.74) is 7.49. The molecule has 1 aromatic rings. The number of hydrogen-bond donors (Lipinski definition) is 1. The molecule has 0 radical (unpaired) electrons. The van der Waals surface area contributed by atoms with Crippen molar-refractivity contribution in [3.8, 4) is 0 Å². The molecule has 3 rings (SSSR count). The van der Waals surface area contributed by atoms with Gasteiger partial charge in [-0.3, -0.25) is 4.90 Å². The second-order valence-corrected chi connectivity index (χ2v) is 6.48. The first-order valence-electron chi connectivity index (χ1n) is 7.47. The molecule has 0 aromatic heterocycles. The largest absolute Gasteiger partial charge is 0.389 e. The summed E-state index contributed by atoms with van der Waals surface area (Å²) in [7, 11) is 0. The monoisotopic (exact) mass is 292 g/mol. The van der Waals surface area contributed by atoms with E-state index in [0.29, 0.717) is 16.6 Å². The maximum absolute atomic E-state index is 13.4. The van der Waals surface area contributed by atoms with Crippen LogP contribution in [0.15, 0.2) is 18.2 Å². The van der Waals surface area contributed by atoms with Gasteiger partial charge < -0.3 is 5.73 Å². The molecule has 0 spiro atoms. The molecular formula is C16H21FN2S. The normalized spacial score (nSPS) is 26.4. The molecule has 20 heavy (non-hydrogen) atoms. The lowest BCUT2D eigenvalue weighted by Crippen LogP contribution is -2.34. The molecule has 1 heterocycles. The first-order valence-corrected chi connectivity index (χ1v) is 7.88. The molecule has 4 heteroatoms. The molecule has 0 amide bonds. The third-order valence-electron chi connectivity index (χ3n) is 4.84. The van der Waals surface area contributed by atoms with Gasteiger partial charge in [0.05, 0.1) is 0 Å². The lowest BCUT2D eigenvalue weighted by molar-refractivity contribution is 0.176. The Morgan fingerprint density at radius 1 is 1.30 bits per heavy atom. The zero-order valence-corrected chi connectivity index (χ0v) is 12.5. The van der Waals surface area contributed by atoms with E-state index in [0.717, 1.165) is 24.6 Å². The van der Waals surface area contributed by atoms with Gasteiger partial charge in [-0.15, -0.1) is 0 Å². The van der Waals surface area contributed by atoms with Gasteiger partial charge in [0.2, 0.25) is 0 Å². The van der Waals surface area contributed by atoms with Crippen LogP contribution in [0.1, 0.15) is 43.2 Å². The third kappa shape index (κ3) is 2.72. The Labute approximate surface area is 125 Å². The fourth-order valence-electron chi connectivity index (χ4n) is 3.83. The van der Waals surface area contributed by atoms with Crippen LogP contribution in [-0.4, -0.2) is 22.5 Å². The average Bonchev–Trinajstić information content (AvgIpc) is 2.84. The summed E-state index contributed by atoms with van der Waals surface area (Å²) in [6.07, 6.45) is 6.68. The SMILES string of the molecule is NC(=S)c1cc(F)ccc1CN1CCC2CCCCC21. The van der Waals surface area contributed by atoms with E-state index in [9.17, 15) is 4.39 Å². The number of likely N-dealkylation sites (tertiary alicyclic amines) is 1. The van der Waals surface area contributed by atoms with Gasteiger partial charge in [-0.25, -0.2) is 4.39 Å². The number of nitrogens with zero attached hydrogens (tertiary/aromatic N) is 1. The number of benzene rings is 1. The first-order chi connectivity index (χ1) is 9.65. The zero-order valence-electron chi connectivity index (χ0n) is 11.6. The van der Waals surface area contributed by atoms with Crippen LogP contribution in [0.2, 0.25) is 0 Å². The smallest absolute Gasteiger partial charge is 0.123 e. The van der Waals surface area contributed by atoms with Gasteiger partial charge in [-0.1, -0.05) is 31.1 Å². The molecule has 2 unspecified atom stereocenters. The quantitative estimate of drug-likeness (QED) is 0.867. The number of hydrogen-bond acceptors (Lipinski definition) is 2. The molecule has 2 atom stereocenters. The summed E-state index contributed by atoms with van der Waals surface area (Å²) in [5, 5.41) is 0. The molecule has 1 saturated carbocycles. The van der Waals surface area contributed by atoms with Gasteiger partial charge in [-0.2, -0.15) is 0 Å². The Bertz CT molecular complexity index is 517. The minimum atomic E-state index is -0.270. The van der Waals surface area contributed by atoms with Crippen LogP contribution in [0.4, 0.5) is 4.39 Å². The zero-order chi connectivity index (χ0) is 14.1. The second-order valence-electron chi connectivity index (χ2n) is 6.04. The standard InChI is InChI=1S/C16H21FN2S/c17-13-6-5-12(14(9-13)16(18)20)10-19-8-7-11-3-1-2-4-15(11)19/h5-6,9,11,15H,1-4,7-8,10H2,(H2,18,20). The van der Waals surface area contributed by atoms with Crippen LogP contribution in [0.5, 0.6) is 0 Å². The molecular weight excluding hydrogens is 271 g/mol. The van der Waals surface area contributed by atoms with Crippen molar-refractivity contribution in [2.45, 2.75) is 44.7 Å². The minimum absolute atomic E-state index is 0.270.